The minimum atomic E-state index is -0.212. The average molecular weight is 241 g/mol. The Morgan fingerprint density at radius 3 is 2.31 bits per heavy atom. The molecule has 2 N–H and O–H groups in total. The number of carbonyl (C=O) groups excluding carboxylic acids is 1. The maximum absolute atomic E-state index is 11.3. The molecule has 1 rings (SSSR count). The Labute approximate surface area is 101 Å². The van der Waals surface area contributed by atoms with Crippen molar-refractivity contribution >= 4 is 17.5 Å². The molecule has 0 radical (unpaired) electrons. The van der Waals surface area contributed by atoms with Gasteiger partial charge in [0.25, 0.3) is 0 Å². The van der Waals surface area contributed by atoms with Crippen LogP contribution in [0.2, 0.25) is 5.02 Å². The molecular formula is C12H17ClN2O. The number of amides is 1. The monoisotopic (exact) mass is 240 g/mol. The first kappa shape index (κ1) is 13.0. The fourth-order valence-electron chi connectivity index (χ4n) is 1.51. The lowest BCUT2D eigenvalue weighted by molar-refractivity contribution is -0.122. The van der Waals surface area contributed by atoms with E-state index < -0.39 is 0 Å². The molecule has 0 unspecified atom stereocenters. The van der Waals surface area contributed by atoms with Gasteiger partial charge < -0.3 is 5.32 Å². The van der Waals surface area contributed by atoms with Crippen molar-refractivity contribution in [2.75, 3.05) is 7.05 Å². The van der Waals surface area contributed by atoms with Crippen molar-refractivity contribution in [1.82, 2.24) is 10.6 Å². The lowest BCUT2D eigenvalue weighted by Gasteiger charge is -2.19. The van der Waals surface area contributed by atoms with E-state index in [1.807, 2.05) is 38.1 Å². The summed E-state index contributed by atoms with van der Waals surface area (Å²) in [5, 5.41) is 6.54. The Kier molecular flexibility index (Phi) is 4.77. The van der Waals surface area contributed by atoms with E-state index in [1.54, 1.807) is 7.05 Å². The molecular weight excluding hydrogens is 224 g/mol. The lowest BCUT2D eigenvalue weighted by Crippen LogP contribution is -2.41. The molecule has 2 atom stereocenters. The highest BCUT2D eigenvalue weighted by atomic mass is 35.5. The minimum Gasteiger partial charge on any atom is -0.358 e. The molecule has 0 saturated heterocycles. The number of hydrogen-bond acceptors (Lipinski definition) is 2. The molecule has 1 aromatic carbocycles. The number of halogens is 1. The smallest absolute Gasteiger partial charge is 0.236 e. The zero-order chi connectivity index (χ0) is 12.1. The highest BCUT2D eigenvalue weighted by Gasteiger charge is 2.14. The van der Waals surface area contributed by atoms with Gasteiger partial charge in [-0.25, -0.2) is 0 Å². The van der Waals surface area contributed by atoms with Crippen molar-refractivity contribution in [1.29, 1.82) is 0 Å². The first-order valence-corrected chi connectivity index (χ1v) is 5.65. The Balaban J connectivity index is 2.61. The Morgan fingerprint density at radius 1 is 1.25 bits per heavy atom. The Morgan fingerprint density at radius 2 is 1.81 bits per heavy atom. The number of carbonyl (C=O) groups is 1. The fraction of sp³-hybridized carbons (Fsp3) is 0.417. The summed E-state index contributed by atoms with van der Waals surface area (Å²) in [5.41, 5.74) is 1.11. The summed E-state index contributed by atoms with van der Waals surface area (Å²) >= 11 is 5.81. The largest absolute Gasteiger partial charge is 0.358 e. The zero-order valence-electron chi connectivity index (χ0n) is 9.75. The lowest BCUT2D eigenvalue weighted by atomic mass is 10.1. The zero-order valence-corrected chi connectivity index (χ0v) is 10.5. The third kappa shape index (κ3) is 3.51. The molecule has 3 nitrogen and oxygen atoms in total. The topological polar surface area (TPSA) is 41.1 Å². The molecule has 1 amide bonds. The number of benzene rings is 1. The van der Waals surface area contributed by atoms with Gasteiger partial charge in [0.15, 0.2) is 0 Å². The van der Waals surface area contributed by atoms with Crippen LogP contribution in [-0.2, 0) is 4.79 Å². The molecule has 88 valence electrons. The second-order valence-electron chi connectivity index (χ2n) is 3.78. The Bertz CT molecular complexity index is 351. The van der Waals surface area contributed by atoms with Crippen LogP contribution < -0.4 is 10.6 Å². The third-order valence-electron chi connectivity index (χ3n) is 2.51. The van der Waals surface area contributed by atoms with Gasteiger partial charge in [0.2, 0.25) is 5.91 Å². The summed E-state index contributed by atoms with van der Waals surface area (Å²) in [6.07, 6.45) is 0. The van der Waals surface area contributed by atoms with Crippen LogP contribution >= 0.6 is 11.6 Å². The van der Waals surface area contributed by atoms with Crippen LogP contribution in [-0.4, -0.2) is 19.0 Å². The van der Waals surface area contributed by atoms with E-state index >= 15 is 0 Å². The molecule has 1 aromatic rings. The molecule has 16 heavy (non-hydrogen) atoms. The SMILES string of the molecule is CNC(=O)[C@@H](C)N[C@H](C)c1ccc(Cl)cc1. The van der Waals surface area contributed by atoms with Crippen LogP contribution in [0.5, 0.6) is 0 Å². The first-order valence-electron chi connectivity index (χ1n) is 5.27. The standard InChI is InChI=1S/C12H17ClN2O/c1-8(15-9(2)12(16)14-3)10-4-6-11(13)7-5-10/h4-9,15H,1-3H3,(H,14,16)/t8-,9-/m1/s1. The van der Waals surface area contributed by atoms with Gasteiger partial charge in [0, 0.05) is 18.1 Å². The van der Waals surface area contributed by atoms with Crippen LogP contribution in [0, 0.1) is 0 Å². The normalized spacial score (nSPS) is 14.2. The number of likely N-dealkylation sites (N-methyl/N-ethyl adjacent to an activating group) is 1. The summed E-state index contributed by atoms with van der Waals surface area (Å²) < 4.78 is 0. The van der Waals surface area contributed by atoms with Gasteiger partial charge >= 0.3 is 0 Å². The Hall–Kier alpha value is -1.06. The van der Waals surface area contributed by atoms with E-state index in [4.69, 9.17) is 11.6 Å². The van der Waals surface area contributed by atoms with Crippen LogP contribution in [0.4, 0.5) is 0 Å². The van der Waals surface area contributed by atoms with E-state index in [1.165, 1.54) is 0 Å². The van der Waals surface area contributed by atoms with Crippen molar-refractivity contribution in [2.24, 2.45) is 0 Å². The molecule has 0 fully saturated rings. The second-order valence-corrected chi connectivity index (χ2v) is 4.21. The van der Waals surface area contributed by atoms with Gasteiger partial charge in [0.1, 0.15) is 0 Å². The summed E-state index contributed by atoms with van der Waals surface area (Å²) in [6, 6.07) is 7.51. The summed E-state index contributed by atoms with van der Waals surface area (Å²) in [6.45, 7) is 3.86. The van der Waals surface area contributed by atoms with Crippen molar-refractivity contribution in [3.63, 3.8) is 0 Å². The minimum absolute atomic E-state index is 0.0131. The van der Waals surface area contributed by atoms with Gasteiger partial charge in [-0.15, -0.1) is 0 Å². The van der Waals surface area contributed by atoms with Gasteiger partial charge in [-0.2, -0.15) is 0 Å². The molecule has 0 spiro atoms. The van der Waals surface area contributed by atoms with Gasteiger partial charge in [-0.3, -0.25) is 10.1 Å². The predicted molar refractivity (Wildman–Crippen MR) is 66.5 cm³/mol. The molecule has 0 aromatic heterocycles. The number of nitrogens with one attached hydrogen (secondary N) is 2. The predicted octanol–water partition coefficient (Wildman–Crippen LogP) is 2.13. The maximum atomic E-state index is 11.3. The van der Waals surface area contributed by atoms with E-state index in [0.717, 1.165) is 10.6 Å². The summed E-state index contributed by atoms with van der Waals surface area (Å²) in [7, 11) is 1.63. The molecule has 0 aliphatic heterocycles. The van der Waals surface area contributed by atoms with E-state index in [2.05, 4.69) is 10.6 Å². The van der Waals surface area contributed by atoms with E-state index in [9.17, 15) is 4.79 Å². The molecule has 0 bridgehead atoms. The molecule has 0 saturated carbocycles. The fourth-order valence-corrected chi connectivity index (χ4v) is 1.64. The van der Waals surface area contributed by atoms with Crippen molar-refractivity contribution in [2.45, 2.75) is 25.9 Å². The van der Waals surface area contributed by atoms with Crippen LogP contribution in [0.25, 0.3) is 0 Å². The third-order valence-corrected chi connectivity index (χ3v) is 2.76. The van der Waals surface area contributed by atoms with E-state index in [0.29, 0.717) is 0 Å². The second kappa shape index (κ2) is 5.87. The van der Waals surface area contributed by atoms with Gasteiger partial charge in [-0.1, -0.05) is 23.7 Å². The first-order chi connectivity index (χ1) is 7.54. The van der Waals surface area contributed by atoms with Gasteiger partial charge in [0.05, 0.1) is 6.04 Å². The van der Waals surface area contributed by atoms with Crippen LogP contribution in [0.15, 0.2) is 24.3 Å². The quantitative estimate of drug-likeness (QED) is 0.847. The summed E-state index contributed by atoms with van der Waals surface area (Å²) in [5.74, 6) is -0.0131. The molecule has 0 aliphatic carbocycles. The number of hydrogen-bond donors (Lipinski definition) is 2. The number of rotatable bonds is 4. The van der Waals surface area contributed by atoms with Crippen molar-refractivity contribution < 1.29 is 4.79 Å². The molecule has 0 aliphatic rings. The summed E-state index contributed by atoms with van der Waals surface area (Å²) in [4.78, 5) is 11.3. The van der Waals surface area contributed by atoms with Gasteiger partial charge in [-0.05, 0) is 31.5 Å². The highest BCUT2D eigenvalue weighted by molar-refractivity contribution is 6.30. The van der Waals surface area contributed by atoms with Crippen LogP contribution in [0.1, 0.15) is 25.5 Å². The van der Waals surface area contributed by atoms with Crippen molar-refractivity contribution in [3.8, 4) is 0 Å². The van der Waals surface area contributed by atoms with Crippen molar-refractivity contribution in [3.05, 3.63) is 34.9 Å². The van der Waals surface area contributed by atoms with E-state index in [-0.39, 0.29) is 18.0 Å². The molecule has 4 heteroatoms. The van der Waals surface area contributed by atoms with Crippen LogP contribution in [0.3, 0.4) is 0 Å². The average Bonchev–Trinajstić information content (AvgIpc) is 2.28. The molecule has 0 heterocycles. The maximum Gasteiger partial charge on any atom is 0.236 e. The highest BCUT2D eigenvalue weighted by Crippen LogP contribution is 2.16.